The standard InChI is InChI=1S/C25H35N3O2/c1-21(11-10-16-25(2,3)30)28-19-26(17-22-12-6-4-7-13-22)24(29)27(20-28)18-23-14-8-5-9-15-23/h4-9,12-15,21,30H,10-11,16-20H2,1-3H3. The fourth-order valence-corrected chi connectivity index (χ4v) is 3.94. The van der Waals surface area contributed by atoms with E-state index < -0.39 is 5.60 Å². The van der Waals surface area contributed by atoms with Crippen LogP contribution in [0.5, 0.6) is 0 Å². The van der Waals surface area contributed by atoms with Gasteiger partial charge in [0.25, 0.3) is 0 Å². The molecule has 1 saturated heterocycles. The first-order valence-electron chi connectivity index (χ1n) is 10.9. The van der Waals surface area contributed by atoms with Crippen molar-refractivity contribution in [1.29, 1.82) is 0 Å². The van der Waals surface area contributed by atoms with Gasteiger partial charge in [0.1, 0.15) is 0 Å². The Balaban J connectivity index is 1.71. The molecule has 1 aliphatic heterocycles. The van der Waals surface area contributed by atoms with Crippen molar-refractivity contribution in [3.8, 4) is 0 Å². The number of carbonyl (C=O) groups is 1. The minimum absolute atomic E-state index is 0.0858. The van der Waals surface area contributed by atoms with Crippen molar-refractivity contribution >= 4 is 6.03 Å². The Labute approximate surface area is 180 Å². The lowest BCUT2D eigenvalue weighted by atomic mass is 9.99. The number of nitrogens with zero attached hydrogens (tertiary/aromatic N) is 3. The first-order valence-corrected chi connectivity index (χ1v) is 10.9. The number of hydrogen-bond acceptors (Lipinski definition) is 3. The van der Waals surface area contributed by atoms with Gasteiger partial charge >= 0.3 is 6.03 Å². The molecule has 0 spiro atoms. The molecule has 1 unspecified atom stereocenters. The first-order chi connectivity index (χ1) is 14.3. The van der Waals surface area contributed by atoms with Gasteiger partial charge in [-0.2, -0.15) is 0 Å². The van der Waals surface area contributed by atoms with Crippen molar-refractivity contribution in [2.75, 3.05) is 13.3 Å². The van der Waals surface area contributed by atoms with Crippen LogP contribution in [-0.2, 0) is 13.1 Å². The van der Waals surface area contributed by atoms with Gasteiger partial charge in [-0.1, -0.05) is 60.7 Å². The Bertz CT molecular complexity index is 736. The lowest BCUT2D eigenvalue weighted by Gasteiger charge is -2.44. The normalized spacial score (nSPS) is 16.7. The molecule has 1 aliphatic rings. The van der Waals surface area contributed by atoms with E-state index in [9.17, 15) is 9.90 Å². The molecular weight excluding hydrogens is 374 g/mol. The van der Waals surface area contributed by atoms with E-state index in [1.165, 1.54) is 0 Å². The van der Waals surface area contributed by atoms with Crippen LogP contribution in [0, 0.1) is 0 Å². The lowest BCUT2D eigenvalue weighted by Crippen LogP contribution is -2.59. The van der Waals surface area contributed by atoms with Gasteiger partial charge in [0, 0.05) is 19.1 Å². The van der Waals surface area contributed by atoms with Gasteiger partial charge in [-0.25, -0.2) is 4.79 Å². The molecule has 0 radical (unpaired) electrons. The van der Waals surface area contributed by atoms with E-state index in [4.69, 9.17) is 0 Å². The van der Waals surface area contributed by atoms with Crippen molar-refractivity contribution in [1.82, 2.24) is 14.7 Å². The van der Waals surface area contributed by atoms with Crippen LogP contribution >= 0.6 is 0 Å². The number of rotatable bonds is 9. The molecule has 1 N–H and O–H groups in total. The Morgan fingerprint density at radius 1 is 0.900 bits per heavy atom. The highest BCUT2D eigenvalue weighted by molar-refractivity contribution is 5.75. The molecule has 5 heteroatoms. The number of aliphatic hydroxyl groups is 1. The quantitative estimate of drug-likeness (QED) is 0.655. The zero-order valence-corrected chi connectivity index (χ0v) is 18.5. The third kappa shape index (κ3) is 6.57. The van der Waals surface area contributed by atoms with Crippen LogP contribution in [0.3, 0.4) is 0 Å². The van der Waals surface area contributed by atoms with E-state index in [1.807, 2.05) is 60.0 Å². The summed E-state index contributed by atoms with van der Waals surface area (Å²) in [6.45, 7) is 8.42. The SMILES string of the molecule is CC(CCCC(C)(C)O)N1CN(Cc2ccccc2)C(=O)N(Cc2ccccc2)C1. The maximum atomic E-state index is 13.2. The zero-order chi connectivity index (χ0) is 21.6. The average molecular weight is 410 g/mol. The highest BCUT2D eigenvalue weighted by Crippen LogP contribution is 2.22. The molecule has 30 heavy (non-hydrogen) atoms. The molecule has 2 aromatic carbocycles. The Hall–Kier alpha value is -2.37. The lowest BCUT2D eigenvalue weighted by molar-refractivity contribution is 0.00196. The summed E-state index contributed by atoms with van der Waals surface area (Å²) in [6, 6.07) is 20.8. The van der Waals surface area contributed by atoms with Gasteiger partial charge in [-0.15, -0.1) is 0 Å². The van der Waals surface area contributed by atoms with Crippen molar-refractivity contribution in [2.24, 2.45) is 0 Å². The van der Waals surface area contributed by atoms with Crippen molar-refractivity contribution in [3.05, 3.63) is 71.8 Å². The summed E-state index contributed by atoms with van der Waals surface area (Å²) in [4.78, 5) is 19.5. The predicted molar refractivity (Wildman–Crippen MR) is 121 cm³/mol. The number of urea groups is 1. The third-order valence-corrected chi connectivity index (χ3v) is 5.71. The Morgan fingerprint density at radius 3 is 1.80 bits per heavy atom. The van der Waals surface area contributed by atoms with Gasteiger partial charge in [-0.3, -0.25) is 4.90 Å². The van der Waals surface area contributed by atoms with Gasteiger partial charge in [-0.05, 0) is 51.2 Å². The smallest absolute Gasteiger partial charge is 0.322 e. The molecule has 162 valence electrons. The summed E-state index contributed by atoms with van der Waals surface area (Å²) >= 11 is 0. The monoisotopic (exact) mass is 409 g/mol. The van der Waals surface area contributed by atoms with Gasteiger partial charge < -0.3 is 14.9 Å². The third-order valence-electron chi connectivity index (χ3n) is 5.71. The minimum Gasteiger partial charge on any atom is -0.390 e. The Kier molecular flexibility index (Phi) is 7.51. The molecule has 1 fully saturated rings. The van der Waals surface area contributed by atoms with Crippen LogP contribution in [0.25, 0.3) is 0 Å². The molecule has 3 rings (SSSR count). The molecule has 5 nitrogen and oxygen atoms in total. The van der Waals surface area contributed by atoms with E-state index in [1.54, 1.807) is 0 Å². The molecule has 2 amide bonds. The highest BCUT2D eigenvalue weighted by atomic mass is 16.3. The highest BCUT2D eigenvalue weighted by Gasteiger charge is 2.32. The number of hydrogen-bond donors (Lipinski definition) is 1. The van der Waals surface area contributed by atoms with Gasteiger partial charge in [0.2, 0.25) is 0 Å². The summed E-state index contributed by atoms with van der Waals surface area (Å²) < 4.78 is 0. The second-order valence-corrected chi connectivity index (χ2v) is 9.07. The molecule has 1 heterocycles. The first kappa shape index (κ1) is 22.3. The van der Waals surface area contributed by atoms with Crippen molar-refractivity contribution in [2.45, 2.75) is 64.8 Å². The molecule has 0 aliphatic carbocycles. The molecular formula is C25H35N3O2. The largest absolute Gasteiger partial charge is 0.390 e. The number of carbonyl (C=O) groups excluding carboxylic acids is 1. The molecule has 1 atom stereocenters. The van der Waals surface area contributed by atoms with E-state index >= 15 is 0 Å². The minimum atomic E-state index is -0.629. The van der Waals surface area contributed by atoms with Crippen LogP contribution < -0.4 is 0 Å². The van der Waals surface area contributed by atoms with E-state index in [-0.39, 0.29) is 6.03 Å². The van der Waals surface area contributed by atoms with Crippen LogP contribution in [0.4, 0.5) is 4.79 Å². The summed E-state index contributed by atoms with van der Waals surface area (Å²) in [5, 5.41) is 10.0. The molecule has 0 aromatic heterocycles. The van der Waals surface area contributed by atoms with Crippen molar-refractivity contribution < 1.29 is 9.90 Å². The molecule has 2 aromatic rings. The van der Waals surface area contributed by atoms with E-state index in [2.05, 4.69) is 36.1 Å². The fraction of sp³-hybridized carbons (Fsp3) is 0.480. The number of benzene rings is 2. The fourth-order valence-electron chi connectivity index (χ4n) is 3.94. The second-order valence-electron chi connectivity index (χ2n) is 9.07. The van der Waals surface area contributed by atoms with Gasteiger partial charge in [0.15, 0.2) is 0 Å². The molecule has 0 saturated carbocycles. The van der Waals surface area contributed by atoms with Crippen LogP contribution in [-0.4, -0.2) is 50.8 Å². The zero-order valence-electron chi connectivity index (χ0n) is 18.5. The maximum absolute atomic E-state index is 13.2. The summed E-state index contributed by atoms with van der Waals surface area (Å²) in [7, 11) is 0. The van der Waals surface area contributed by atoms with Crippen LogP contribution in [0.1, 0.15) is 51.2 Å². The van der Waals surface area contributed by atoms with E-state index in [0.717, 1.165) is 30.4 Å². The van der Waals surface area contributed by atoms with Crippen LogP contribution in [0.15, 0.2) is 60.7 Å². The second kappa shape index (κ2) is 10.1. The average Bonchev–Trinajstić information content (AvgIpc) is 2.71. The predicted octanol–water partition coefficient (Wildman–Crippen LogP) is 4.67. The topological polar surface area (TPSA) is 47.0 Å². The van der Waals surface area contributed by atoms with E-state index in [0.29, 0.717) is 32.5 Å². The van der Waals surface area contributed by atoms with Crippen molar-refractivity contribution in [3.63, 3.8) is 0 Å². The van der Waals surface area contributed by atoms with Crippen LogP contribution in [0.2, 0.25) is 0 Å². The summed E-state index contributed by atoms with van der Waals surface area (Å²) in [5.74, 6) is 0. The Morgan fingerprint density at radius 2 is 1.37 bits per heavy atom. The summed E-state index contributed by atoms with van der Waals surface area (Å²) in [5.41, 5.74) is 1.65. The summed E-state index contributed by atoms with van der Waals surface area (Å²) in [6.07, 6.45) is 2.74. The van der Waals surface area contributed by atoms with Gasteiger partial charge in [0.05, 0.1) is 18.9 Å². The maximum Gasteiger partial charge on any atom is 0.322 e. The number of amides is 2. The molecule has 0 bridgehead atoms.